The van der Waals surface area contributed by atoms with Gasteiger partial charge in [-0.3, -0.25) is 14.7 Å². The second-order valence-electron chi connectivity index (χ2n) is 6.62. The fourth-order valence-electron chi connectivity index (χ4n) is 3.23. The van der Waals surface area contributed by atoms with Crippen LogP contribution in [0.3, 0.4) is 0 Å². The summed E-state index contributed by atoms with van der Waals surface area (Å²) in [5.74, 6) is -1.07. The number of aryl methyl sites for hydroxylation is 2. The molecule has 152 valence electrons. The summed E-state index contributed by atoms with van der Waals surface area (Å²) >= 11 is 0. The van der Waals surface area contributed by atoms with Gasteiger partial charge in [0, 0.05) is 17.5 Å². The van der Waals surface area contributed by atoms with Gasteiger partial charge in [0.1, 0.15) is 5.56 Å². The maximum absolute atomic E-state index is 13.0. The number of carbonyl (C=O) groups is 1. The number of rotatable bonds is 4. The number of aromatic nitrogens is 4. The van der Waals surface area contributed by atoms with E-state index >= 15 is 0 Å². The molecule has 1 amide bonds. The topological polar surface area (TPSA) is 126 Å². The number of amides is 1. The van der Waals surface area contributed by atoms with E-state index in [2.05, 4.69) is 15.1 Å². The third kappa shape index (κ3) is 3.26. The summed E-state index contributed by atoms with van der Waals surface area (Å²) in [6.07, 6.45) is 1.29. The van der Waals surface area contributed by atoms with Gasteiger partial charge < -0.3 is 0 Å². The molecular formula is C20H17N5O4S. The number of sulfonamides is 1. The summed E-state index contributed by atoms with van der Waals surface area (Å²) in [5.41, 5.74) is 1.67. The molecule has 3 aromatic heterocycles. The van der Waals surface area contributed by atoms with E-state index in [-0.39, 0.29) is 16.3 Å². The zero-order valence-electron chi connectivity index (χ0n) is 16.1. The number of aromatic amines is 1. The first-order valence-electron chi connectivity index (χ1n) is 8.95. The minimum Gasteiger partial charge on any atom is -0.293 e. The minimum absolute atomic E-state index is 0.116. The van der Waals surface area contributed by atoms with Crippen LogP contribution in [0.1, 0.15) is 21.7 Å². The van der Waals surface area contributed by atoms with Crippen LogP contribution in [0.5, 0.6) is 0 Å². The Morgan fingerprint density at radius 1 is 1.07 bits per heavy atom. The Labute approximate surface area is 171 Å². The van der Waals surface area contributed by atoms with E-state index in [9.17, 15) is 18.0 Å². The van der Waals surface area contributed by atoms with Crippen molar-refractivity contribution in [3.8, 4) is 11.1 Å². The van der Waals surface area contributed by atoms with E-state index in [0.717, 1.165) is 15.6 Å². The Bertz CT molecular complexity index is 1430. The molecule has 0 bridgehead atoms. The molecule has 0 aliphatic heterocycles. The number of pyridine rings is 1. The smallest absolute Gasteiger partial charge is 0.285 e. The highest BCUT2D eigenvalue weighted by Crippen LogP contribution is 2.26. The van der Waals surface area contributed by atoms with Crippen LogP contribution >= 0.6 is 0 Å². The molecule has 10 heteroatoms. The van der Waals surface area contributed by atoms with Gasteiger partial charge in [-0.25, -0.2) is 19.2 Å². The van der Waals surface area contributed by atoms with Crippen LogP contribution in [0.4, 0.5) is 0 Å². The van der Waals surface area contributed by atoms with Gasteiger partial charge in [-0.1, -0.05) is 36.4 Å². The second-order valence-corrected chi connectivity index (χ2v) is 8.25. The van der Waals surface area contributed by atoms with Crippen molar-refractivity contribution in [1.82, 2.24) is 24.3 Å². The second kappa shape index (κ2) is 7.23. The number of hydrogen-bond donors (Lipinski definition) is 2. The van der Waals surface area contributed by atoms with E-state index in [1.54, 1.807) is 13.0 Å². The van der Waals surface area contributed by atoms with E-state index in [1.165, 1.54) is 25.3 Å². The molecule has 0 fully saturated rings. The van der Waals surface area contributed by atoms with Gasteiger partial charge in [-0.05, 0) is 31.5 Å². The molecule has 1 aromatic carbocycles. The van der Waals surface area contributed by atoms with Crippen LogP contribution in [-0.2, 0) is 10.0 Å². The van der Waals surface area contributed by atoms with E-state index in [0.29, 0.717) is 11.3 Å². The molecule has 0 aliphatic carbocycles. The van der Waals surface area contributed by atoms with Gasteiger partial charge in [-0.15, -0.1) is 0 Å². The number of carbonyl (C=O) groups excluding carboxylic acids is 1. The van der Waals surface area contributed by atoms with Gasteiger partial charge in [0.25, 0.3) is 21.5 Å². The van der Waals surface area contributed by atoms with Crippen LogP contribution in [0.2, 0.25) is 0 Å². The molecule has 0 saturated heterocycles. The zero-order chi connectivity index (χ0) is 21.5. The third-order valence-electron chi connectivity index (χ3n) is 4.57. The van der Waals surface area contributed by atoms with Gasteiger partial charge in [0.15, 0.2) is 10.7 Å². The van der Waals surface area contributed by atoms with Crippen LogP contribution in [0.25, 0.3) is 16.8 Å². The number of H-pyrrole nitrogens is 1. The fraction of sp³-hybridized carbons (Fsp3) is 0.100. The monoisotopic (exact) mass is 423 g/mol. The molecule has 3 heterocycles. The Kier molecular flexibility index (Phi) is 4.70. The number of hydrogen-bond acceptors (Lipinski definition) is 6. The SMILES string of the molecule is Cc1nc2c(-c3ccccc3)c(C)[nH]n2c(=O)c1C(=O)NS(=O)(=O)c1ccccn1. The summed E-state index contributed by atoms with van der Waals surface area (Å²) in [6, 6.07) is 13.7. The van der Waals surface area contributed by atoms with Crippen molar-refractivity contribution in [3.05, 3.63) is 82.0 Å². The van der Waals surface area contributed by atoms with E-state index in [1.807, 2.05) is 35.1 Å². The van der Waals surface area contributed by atoms with E-state index < -0.39 is 21.5 Å². The van der Waals surface area contributed by atoms with Crippen LogP contribution in [-0.4, -0.2) is 33.9 Å². The first-order chi connectivity index (χ1) is 14.3. The van der Waals surface area contributed by atoms with Gasteiger partial charge in [-0.2, -0.15) is 8.42 Å². The van der Waals surface area contributed by atoms with Crippen LogP contribution in [0.15, 0.2) is 64.5 Å². The fourth-order valence-corrected chi connectivity index (χ4v) is 4.14. The first kappa shape index (κ1) is 19.5. The minimum atomic E-state index is -4.24. The molecule has 0 aliphatic rings. The highest BCUT2D eigenvalue weighted by atomic mass is 32.2. The Hall–Kier alpha value is -3.79. The lowest BCUT2D eigenvalue weighted by Gasteiger charge is -2.08. The number of nitrogens with zero attached hydrogens (tertiary/aromatic N) is 3. The molecule has 0 saturated carbocycles. The highest BCUT2D eigenvalue weighted by molar-refractivity contribution is 7.90. The molecule has 0 radical (unpaired) electrons. The van der Waals surface area contributed by atoms with Crippen LogP contribution in [0, 0.1) is 13.8 Å². The zero-order valence-corrected chi connectivity index (χ0v) is 16.9. The third-order valence-corrected chi connectivity index (χ3v) is 5.82. The molecule has 0 spiro atoms. The summed E-state index contributed by atoms with van der Waals surface area (Å²) in [4.78, 5) is 33.9. The summed E-state index contributed by atoms with van der Waals surface area (Å²) < 4.78 is 27.9. The highest BCUT2D eigenvalue weighted by Gasteiger charge is 2.26. The number of benzene rings is 1. The van der Waals surface area contributed by atoms with Crippen molar-refractivity contribution in [3.63, 3.8) is 0 Å². The lowest BCUT2D eigenvalue weighted by atomic mass is 10.1. The molecule has 0 atom stereocenters. The largest absolute Gasteiger partial charge is 0.293 e. The summed E-state index contributed by atoms with van der Waals surface area (Å²) in [7, 11) is -4.24. The van der Waals surface area contributed by atoms with Crippen molar-refractivity contribution in [2.45, 2.75) is 18.9 Å². The summed E-state index contributed by atoms with van der Waals surface area (Å²) in [6.45, 7) is 3.28. The average Bonchev–Trinajstić information content (AvgIpc) is 3.05. The van der Waals surface area contributed by atoms with Gasteiger partial charge in [0.05, 0.1) is 5.69 Å². The number of nitrogens with one attached hydrogen (secondary N) is 2. The Balaban J connectivity index is 1.82. The lowest BCUT2D eigenvalue weighted by Crippen LogP contribution is -2.37. The first-order valence-corrected chi connectivity index (χ1v) is 10.4. The normalized spacial score (nSPS) is 11.5. The lowest BCUT2D eigenvalue weighted by molar-refractivity contribution is 0.0978. The molecule has 2 N–H and O–H groups in total. The molecule has 30 heavy (non-hydrogen) atoms. The predicted molar refractivity (Wildman–Crippen MR) is 110 cm³/mol. The molecule has 9 nitrogen and oxygen atoms in total. The standard InChI is InChI=1S/C20H17N5O4S/c1-12-17(19(26)24-30(28,29)15-10-6-7-11-21-15)20(27)25-18(22-12)16(13(2)23-25)14-8-4-3-5-9-14/h3-11,23H,1-2H3,(H,24,26). The molecule has 4 rings (SSSR count). The maximum Gasteiger partial charge on any atom is 0.285 e. The van der Waals surface area contributed by atoms with Crippen molar-refractivity contribution in [2.24, 2.45) is 0 Å². The van der Waals surface area contributed by atoms with Crippen molar-refractivity contribution >= 4 is 21.6 Å². The van der Waals surface area contributed by atoms with E-state index in [4.69, 9.17) is 0 Å². The predicted octanol–water partition coefficient (Wildman–Crippen LogP) is 1.82. The van der Waals surface area contributed by atoms with Crippen molar-refractivity contribution < 1.29 is 13.2 Å². The van der Waals surface area contributed by atoms with Crippen molar-refractivity contribution in [2.75, 3.05) is 0 Å². The number of fused-ring (bicyclic) bond motifs is 1. The van der Waals surface area contributed by atoms with Crippen LogP contribution < -0.4 is 10.3 Å². The Morgan fingerprint density at radius 2 is 1.77 bits per heavy atom. The van der Waals surface area contributed by atoms with Crippen molar-refractivity contribution in [1.29, 1.82) is 0 Å². The Morgan fingerprint density at radius 3 is 2.43 bits per heavy atom. The van der Waals surface area contributed by atoms with Gasteiger partial charge >= 0.3 is 0 Å². The summed E-state index contributed by atoms with van der Waals surface area (Å²) in [5, 5.41) is 2.58. The maximum atomic E-state index is 13.0. The molecule has 0 unspecified atom stereocenters. The van der Waals surface area contributed by atoms with Gasteiger partial charge in [0.2, 0.25) is 0 Å². The quantitative estimate of drug-likeness (QED) is 0.516. The molecular weight excluding hydrogens is 406 g/mol. The molecule has 4 aromatic rings. The average molecular weight is 423 g/mol.